The van der Waals surface area contributed by atoms with E-state index in [0.717, 1.165) is 23.6 Å². The van der Waals surface area contributed by atoms with Crippen molar-refractivity contribution in [3.05, 3.63) is 114 Å². The first-order chi connectivity index (χ1) is 15.7. The Labute approximate surface area is 188 Å². The third kappa shape index (κ3) is 3.83. The third-order valence-corrected chi connectivity index (χ3v) is 5.76. The van der Waals surface area contributed by atoms with Gasteiger partial charge >= 0.3 is 0 Å². The van der Waals surface area contributed by atoms with Crippen LogP contribution in [-0.2, 0) is 4.79 Å². The predicted molar refractivity (Wildman–Crippen MR) is 129 cm³/mol. The molecule has 32 heavy (non-hydrogen) atoms. The lowest BCUT2D eigenvalue weighted by atomic mass is 9.91. The van der Waals surface area contributed by atoms with Crippen LogP contribution in [0.3, 0.4) is 0 Å². The quantitative estimate of drug-likeness (QED) is 0.390. The van der Waals surface area contributed by atoms with Crippen molar-refractivity contribution < 1.29 is 9.53 Å². The third-order valence-electron chi connectivity index (χ3n) is 5.76. The average Bonchev–Trinajstić information content (AvgIpc) is 2.84. The van der Waals surface area contributed by atoms with Gasteiger partial charge in [-0.25, -0.2) is 0 Å². The molecule has 1 N–H and O–H groups in total. The molecule has 1 amide bonds. The lowest BCUT2D eigenvalue weighted by Crippen LogP contribution is -2.26. The first kappa shape index (κ1) is 19.9. The number of ether oxygens (including phenoxy) is 1. The number of nitrogens with one attached hydrogen (secondary N) is 1. The summed E-state index contributed by atoms with van der Waals surface area (Å²) in [7, 11) is 0. The monoisotopic (exact) mass is 420 g/mol. The lowest BCUT2D eigenvalue weighted by molar-refractivity contribution is -0.115. The fraction of sp³-hybridized carbons (Fsp3) is 0.107. The highest BCUT2D eigenvalue weighted by Crippen LogP contribution is 2.47. The fourth-order valence-electron chi connectivity index (χ4n) is 4.22. The summed E-state index contributed by atoms with van der Waals surface area (Å²) in [5, 5.41) is 3.58. The van der Waals surface area contributed by atoms with Crippen molar-refractivity contribution in [1.82, 2.24) is 0 Å². The van der Waals surface area contributed by atoms with Crippen molar-refractivity contribution in [2.24, 2.45) is 0 Å². The summed E-state index contributed by atoms with van der Waals surface area (Å²) >= 11 is 0. The molecule has 4 nitrogen and oxygen atoms in total. The van der Waals surface area contributed by atoms with Crippen LogP contribution in [0.5, 0.6) is 11.5 Å². The van der Waals surface area contributed by atoms with E-state index in [0.29, 0.717) is 11.5 Å². The summed E-state index contributed by atoms with van der Waals surface area (Å²) in [6.07, 6.45) is 0. The van der Waals surface area contributed by atoms with E-state index < -0.39 is 0 Å². The number of para-hydroxylation sites is 2. The molecule has 158 valence electrons. The number of rotatable bonds is 5. The van der Waals surface area contributed by atoms with Crippen LogP contribution in [0, 0.1) is 0 Å². The van der Waals surface area contributed by atoms with Crippen molar-refractivity contribution in [1.29, 1.82) is 0 Å². The van der Waals surface area contributed by atoms with Gasteiger partial charge < -0.3 is 10.1 Å². The van der Waals surface area contributed by atoms with Crippen LogP contribution in [0.25, 0.3) is 0 Å². The van der Waals surface area contributed by atoms with E-state index in [1.165, 1.54) is 11.1 Å². The highest BCUT2D eigenvalue weighted by Gasteiger charge is 2.27. The van der Waals surface area contributed by atoms with Crippen molar-refractivity contribution in [2.45, 2.75) is 12.8 Å². The van der Waals surface area contributed by atoms with Crippen molar-refractivity contribution >= 4 is 23.0 Å². The van der Waals surface area contributed by atoms with Gasteiger partial charge in [0.05, 0.1) is 11.4 Å². The molecule has 1 aliphatic heterocycles. The minimum atomic E-state index is -0.0504. The molecule has 0 saturated heterocycles. The fourth-order valence-corrected chi connectivity index (χ4v) is 4.22. The topological polar surface area (TPSA) is 41.6 Å². The number of hydrogen-bond donors (Lipinski definition) is 1. The molecule has 0 spiro atoms. The number of hydrogen-bond acceptors (Lipinski definition) is 3. The normalized spacial score (nSPS) is 12.0. The summed E-state index contributed by atoms with van der Waals surface area (Å²) in [6.45, 7) is 2.30. The second-order valence-electron chi connectivity index (χ2n) is 7.86. The zero-order valence-corrected chi connectivity index (χ0v) is 17.9. The van der Waals surface area contributed by atoms with E-state index in [1.807, 2.05) is 54.6 Å². The zero-order valence-electron chi connectivity index (χ0n) is 17.9. The first-order valence-electron chi connectivity index (χ1n) is 10.8. The van der Waals surface area contributed by atoms with Crippen molar-refractivity contribution in [3.8, 4) is 11.5 Å². The first-order valence-corrected chi connectivity index (χ1v) is 10.8. The Hall–Kier alpha value is -4.05. The second kappa shape index (κ2) is 8.60. The molecule has 0 aromatic heterocycles. The molecule has 0 aliphatic carbocycles. The molecular formula is C28H24N2O2. The van der Waals surface area contributed by atoms with Gasteiger partial charge in [-0.05, 0) is 41.5 Å². The lowest BCUT2D eigenvalue weighted by Gasteiger charge is -2.31. The predicted octanol–water partition coefficient (Wildman–Crippen LogP) is 6.72. The molecule has 5 rings (SSSR count). The van der Waals surface area contributed by atoms with Crippen LogP contribution >= 0.6 is 0 Å². The maximum Gasteiger partial charge on any atom is 0.228 e. The van der Waals surface area contributed by atoms with E-state index >= 15 is 0 Å². The number of fused-ring (bicyclic) bond motifs is 2. The summed E-state index contributed by atoms with van der Waals surface area (Å²) in [6, 6.07) is 34.5. The molecule has 1 heterocycles. The van der Waals surface area contributed by atoms with Crippen LogP contribution in [0.1, 0.15) is 24.0 Å². The van der Waals surface area contributed by atoms with E-state index in [2.05, 4.69) is 53.8 Å². The van der Waals surface area contributed by atoms with Crippen LogP contribution in [0.4, 0.5) is 17.1 Å². The number of nitrogens with zero attached hydrogens (tertiary/aromatic N) is 1. The summed E-state index contributed by atoms with van der Waals surface area (Å²) in [5.74, 6) is 1.51. The van der Waals surface area contributed by atoms with E-state index in [1.54, 1.807) is 11.8 Å². The maximum atomic E-state index is 12.5. The number of carbonyl (C=O) groups is 1. The van der Waals surface area contributed by atoms with Crippen molar-refractivity contribution in [2.75, 3.05) is 16.8 Å². The SMILES string of the molecule is CC(=O)N1c2ccccc2Oc2ccc(NCC(c3ccccc3)c3ccccc3)cc21. The highest BCUT2D eigenvalue weighted by atomic mass is 16.5. The number of carbonyl (C=O) groups excluding carboxylic acids is 1. The van der Waals surface area contributed by atoms with Crippen LogP contribution < -0.4 is 15.0 Å². The number of anilines is 3. The van der Waals surface area contributed by atoms with Gasteiger partial charge in [0, 0.05) is 25.1 Å². The molecule has 0 unspecified atom stereocenters. The van der Waals surface area contributed by atoms with E-state index in [9.17, 15) is 4.79 Å². The van der Waals surface area contributed by atoms with Gasteiger partial charge in [-0.15, -0.1) is 0 Å². The highest BCUT2D eigenvalue weighted by molar-refractivity contribution is 6.03. The minimum absolute atomic E-state index is 0.0504. The van der Waals surface area contributed by atoms with Gasteiger partial charge in [-0.3, -0.25) is 9.69 Å². The smallest absolute Gasteiger partial charge is 0.228 e. The Kier molecular flexibility index (Phi) is 5.34. The Bertz CT molecular complexity index is 1200. The van der Waals surface area contributed by atoms with Gasteiger partial charge in [-0.2, -0.15) is 0 Å². The molecular weight excluding hydrogens is 396 g/mol. The molecule has 0 radical (unpaired) electrons. The Morgan fingerprint density at radius 2 is 1.38 bits per heavy atom. The molecule has 0 bridgehead atoms. The van der Waals surface area contributed by atoms with Gasteiger partial charge in [0.2, 0.25) is 5.91 Å². The van der Waals surface area contributed by atoms with Crippen LogP contribution in [0.15, 0.2) is 103 Å². The molecule has 4 heteroatoms. The average molecular weight is 421 g/mol. The summed E-state index contributed by atoms with van der Waals surface area (Å²) in [4.78, 5) is 14.2. The molecule has 0 saturated carbocycles. The molecule has 0 atom stereocenters. The van der Waals surface area contributed by atoms with Crippen molar-refractivity contribution in [3.63, 3.8) is 0 Å². The van der Waals surface area contributed by atoms with Crippen LogP contribution in [0.2, 0.25) is 0 Å². The second-order valence-corrected chi connectivity index (χ2v) is 7.86. The van der Waals surface area contributed by atoms with Gasteiger partial charge in [0.1, 0.15) is 0 Å². The van der Waals surface area contributed by atoms with Gasteiger partial charge in [0.15, 0.2) is 11.5 Å². The Morgan fingerprint density at radius 3 is 2.03 bits per heavy atom. The zero-order chi connectivity index (χ0) is 21.9. The Morgan fingerprint density at radius 1 is 0.781 bits per heavy atom. The molecule has 0 fully saturated rings. The van der Waals surface area contributed by atoms with Gasteiger partial charge in [0.25, 0.3) is 0 Å². The molecule has 1 aliphatic rings. The molecule has 4 aromatic carbocycles. The maximum absolute atomic E-state index is 12.5. The summed E-state index contributed by atoms with van der Waals surface area (Å²) < 4.78 is 6.06. The standard InChI is InChI=1S/C28H24N2O2/c1-20(31)30-25-14-8-9-15-27(25)32-28-17-16-23(18-26(28)30)29-19-24(21-10-4-2-5-11-21)22-12-6-3-7-13-22/h2-18,24,29H,19H2,1H3. The minimum Gasteiger partial charge on any atom is -0.453 e. The Balaban J connectivity index is 1.44. The number of amides is 1. The van der Waals surface area contributed by atoms with E-state index in [-0.39, 0.29) is 11.8 Å². The van der Waals surface area contributed by atoms with Gasteiger partial charge in [-0.1, -0.05) is 72.8 Å². The van der Waals surface area contributed by atoms with Crippen LogP contribution in [-0.4, -0.2) is 12.5 Å². The molecule has 4 aromatic rings. The van der Waals surface area contributed by atoms with E-state index in [4.69, 9.17) is 4.74 Å². The number of benzene rings is 4. The summed E-state index contributed by atoms with van der Waals surface area (Å²) in [5.41, 5.74) is 4.96. The largest absolute Gasteiger partial charge is 0.453 e.